The molecule has 0 saturated carbocycles. The van der Waals surface area contributed by atoms with Crippen molar-refractivity contribution in [1.29, 1.82) is 0 Å². The Morgan fingerprint density at radius 3 is 2.31 bits per heavy atom. The first-order valence-corrected chi connectivity index (χ1v) is 8.11. The number of hydrogen-bond acceptors (Lipinski definition) is 5. The second kappa shape index (κ2) is 8.07. The van der Waals surface area contributed by atoms with Gasteiger partial charge in [-0.2, -0.15) is 0 Å². The molecule has 136 valence electrons. The number of hydrogen-bond donors (Lipinski definition) is 3. The predicted molar refractivity (Wildman–Crippen MR) is 99.3 cm³/mol. The van der Waals surface area contributed by atoms with Crippen LogP contribution in [0.1, 0.15) is 27.6 Å². The van der Waals surface area contributed by atoms with Gasteiger partial charge in [-0.3, -0.25) is 9.59 Å². The summed E-state index contributed by atoms with van der Waals surface area (Å²) in [6, 6.07) is 8.62. The molecule has 0 heterocycles. The maximum atomic E-state index is 12.2. The molecule has 0 bridgehead atoms. The second-order valence-corrected chi connectivity index (χ2v) is 6.17. The number of nitrogens with two attached hydrogens (primary N) is 2. The molecule has 0 spiro atoms. The van der Waals surface area contributed by atoms with E-state index in [0.717, 1.165) is 0 Å². The van der Waals surface area contributed by atoms with Gasteiger partial charge < -0.3 is 21.5 Å². The summed E-state index contributed by atoms with van der Waals surface area (Å²) in [6.45, 7) is 1.40. The Morgan fingerprint density at radius 1 is 1.12 bits per heavy atom. The van der Waals surface area contributed by atoms with Crippen LogP contribution in [0, 0.1) is 0 Å². The summed E-state index contributed by atoms with van der Waals surface area (Å²) in [5, 5.41) is 2.87. The molecule has 9 heteroatoms. The quantitative estimate of drug-likeness (QED) is 0.530. The number of carbonyl (C=O) groups is 3. The predicted octanol–water partition coefficient (Wildman–Crippen LogP) is 2.86. The molecule has 1 atom stereocenters. The summed E-state index contributed by atoms with van der Waals surface area (Å²) in [5.74, 6) is -1.99. The number of primary amides is 1. The van der Waals surface area contributed by atoms with Crippen LogP contribution in [0.4, 0.5) is 11.4 Å². The molecule has 2 amide bonds. The molecule has 7 nitrogen and oxygen atoms in total. The number of anilines is 2. The van der Waals surface area contributed by atoms with E-state index in [9.17, 15) is 14.4 Å². The van der Waals surface area contributed by atoms with Crippen LogP contribution in [0.5, 0.6) is 0 Å². The number of amides is 2. The average Bonchev–Trinajstić information content (AvgIpc) is 2.58. The van der Waals surface area contributed by atoms with Gasteiger partial charge in [0, 0.05) is 16.3 Å². The zero-order valence-electron chi connectivity index (χ0n) is 13.6. The van der Waals surface area contributed by atoms with E-state index < -0.39 is 23.9 Å². The molecule has 2 aromatic rings. The molecule has 0 aliphatic rings. The first kappa shape index (κ1) is 19.6. The minimum Gasteiger partial charge on any atom is -0.449 e. The number of rotatable bonds is 5. The summed E-state index contributed by atoms with van der Waals surface area (Å²) in [4.78, 5) is 35.4. The molecule has 0 aliphatic carbocycles. The highest BCUT2D eigenvalue weighted by Gasteiger charge is 2.22. The minimum absolute atomic E-state index is 0.00992. The van der Waals surface area contributed by atoms with Gasteiger partial charge in [-0.25, -0.2) is 4.79 Å². The Morgan fingerprint density at radius 2 is 1.73 bits per heavy atom. The van der Waals surface area contributed by atoms with Crippen LogP contribution in [-0.4, -0.2) is 23.9 Å². The third-order valence-electron chi connectivity index (χ3n) is 3.40. The molecule has 0 saturated heterocycles. The summed E-state index contributed by atoms with van der Waals surface area (Å²) >= 11 is 11.7. The zero-order chi connectivity index (χ0) is 19.4. The van der Waals surface area contributed by atoms with E-state index in [2.05, 4.69) is 5.32 Å². The normalized spacial score (nSPS) is 11.5. The molecule has 0 aliphatic heterocycles. The van der Waals surface area contributed by atoms with E-state index in [-0.39, 0.29) is 21.3 Å². The SMILES string of the molecule is C[C@@H](OC(=O)c1cc(Cl)cc(Cl)c1N)C(=O)Nc1ccc(C(N)=O)cc1. The topological polar surface area (TPSA) is 125 Å². The van der Waals surface area contributed by atoms with Gasteiger partial charge in [0.05, 0.1) is 16.3 Å². The Hall–Kier alpha value is -2.77. The minimum atomic E-state index is -1.12. The molecule has 2 rings (SSSR count). The molecule has 0 aromatic heterocycles. The van der Waals surface area contributed by atoms with Crippen molar-refractivity contribution in [3.05, 3.63) is 57.6 Å². The fourth-order valence-corrected chi connectivity index (χ4v) is 2.49. The second-order valence-electron chi connectivity index (χ2n) is 5.33. The van der Waals surface area contributed by atoms with Gasteiger partial charge in [-0.15, -0.1) is 0 Å². The van der Waals surface area contributed by atoms with Crippen LogP contribution in [0.2, 0.25) is 10.0 Å². The van der Waals surface area contributed by atoms with Crippen molar-refractivity contribution in [2.24, 2.45) is 5.73 Å². The standard InChI is InChI=1S/C17H15Cl2N3O4/c1-8(16(24)22-11-4-2-9(3-5-11)15(21)23)26-17(25)12-6-10(18)7-13(19)14(12)20/h2-8H,20H2,1H3,(H2,21,23)(H,22,24)/t8-/m1/s1. The number of nitrogen functional groups attached to an aromatic ring is 1. The number of benzene rings is 2. The lowest BCUT2D eigenvalue weighted by molar-refractivity contribution is -0.123. The van der Waals surface area contributed by atoms with Crippen molar-refractivity contribution in [2.45, 2.75) is 13.0 Å². The number of esters is 1. The Bertz CT molecular complexity index is 869. The highest BCUT2D eigenvalue weighted by atomic mass is 35.5. The van der Waals surface area contributed by atoms with E-state index in [0.29, 0.717) is 11.3 Å². The monoisotopic (exact) mass is 395 g/mol. The third kappa shape index (κ3) is 4.65. The molecular weight excluding hydrogens is 381 g/mol. The van der Waals surface area contributed by atoms with Gasteiger partial charge in [0.1, 0.15) is 0 Å². The van der Waals surface area contributed by atoms with Crippen molar-refractivity contribution >= 4 is 52.4 Å². The summed E-state index contributed by atoms with van der Waals surface area (Å²) in [6.07, 6.45) is -1.12. The van der Waals surface area contributed by atoms with Gasteiger partial charge in [-0.1, -0.05) is 23.2 Å². The van der Waals surface area contributed by atoms with E-state index in [1.165, 1.54) is 43.3 Å². The maximum Gasteiger partial charge on any atom is 0.341 e. The molecule has 0 radical (unpaired) electrons. The van der Waals surface area contributed by atoms with Crippen LogP contribution >= 0.6 is 23.2 Å². The Kier molecular flexibility index (Phi) is 6.07. The average molecular weight is 396 g/mol. The fraction of sp³-hybridized carbons (Fsp3) is 0.118. The van der Waals surface area contributed by atoms with Gasteiger partial charge >= 0.3 is 5.97 Å². The van der Waals surface area contributed by atoms with Gasteiger partial charge in [0.25, 0.3) is 5.91 Å². The molecule has 0 fully saturated rings. The van der Waals surface area contributed by atoms with Crippen LogP contribution in [0.15, 0.2) is 36.4 Å². The molecular formula is C17H15Cl2N3O4. The van der Waals surface area contributed by atoms with Crippen molar-refractivity contribution < 1.29 is 19.1 Å². The first-order valence-electron chi connectivity index (χ1n) is 7.35. The third-order valence-corrected chi connectivity index (χ3v) is 3.94. The lowest BCUT2D eigenvalue weighted by atomic mass is 10.2. The highest BCUT2D eigenvalue weighted by Crippen LogP contribution is 2.28. The lowest BCUT2D eigenvalue weighted by Gasteiger charge is -2.15. The van der Waals surface area contributed by atoms with Crippen molar-refractivity contribution in [3.8, 4) is 0 Å². The Labute approximate surface area is 159 Å². The van der Waals surface area contributed by atoms with Crippen LogP contribution < -0.4 is 16.8 Å². The van der Waals surface area contributed by atoms with E-state index in [1.54, 1.807) is 0 Å². The van der Waals surface area contributed by atoms with Gasteiger partial charge in [0.15, 0.2) is 6.10 Å². The molecule has 0 unspecified atom stereocenters. The van der Waals surface area contributed by atoms with E-state index in [4.69, 9.17) is 39.4 Å². The number of ether oxygens (including phenoxy) is 1. The van der Waals surface area contributed by atoms with Crippen LogP contribution in [0.25, 0.3) is 0 Å². The fourth-order valence-electron chi connectivity index (χ4n) is 1.99. The molecule has 26 heavy (non-hydrogen) atoms. The summed E-state index contributed by atoms with van der Waals surface area (Å²) in [5.41, 5.74) is 11.6. The summed E-state index contributed by atoms with van der Waals surface area (Å²) in [7, 11) is 0. The smallest absolute Gasteiger partial charge is 0.341 e. The van der Waals surface area contributed by atoms with Crippen LogP contribution in [-0.2, 0) is 9.53 Å². The lowest BCUT2D eigenvalue weighted by Crippen LogP contribution is -2.30. The van der Waals surface area contributed by atoms with Gasteiger partial charge in [0.2, 0.25) is 5.91 Å². The van der Waals surface area contributed by atoms with Crippen molar-refractivity contribution in [1.82, 2.24) is 0 Å². The Balaban J connectivity index is 2.04. The van der Waals surface area contributed by atoms with Crippen molar-refractivity contribution in [2.75, 3.05) is 11.1 Å². The zero-order valence-corrected chi connectivity index (χ0v) is 15.1. The van der Waals surface area contributed by atoms with Crippen LogP contribution in [0.3, 0.4) is 0 Å². The summed E-state index contributed by atoms with van der Waals surface area (Å²) < 4.78 is 5.10. The van der Waals surface area contributed by atoms with Crippen molar-refractivity contribution in [3.63, 3.8) is 0 Å². The largest absolute Gasteiger partial charge is 0.449 e. The number of halogens is 2. The maximum absolute atomic E-state index is 12.2. The van der Waals surface area contributed by atoms with E-state index >= 15 is 0 Å². The molecule has 5 N–H and O–H groups in total. The number of nitrogens with one attached hydrogen (secondary N) is 1. The van der Waals surface area contributed by atoms with Gasteiger partial charge in [-0.05, 0) is 43.3 Å². The van der Waals surface area contributed by atoms with E-state index in [1.807, 2.05) is 0 Å². The number of carbonyl (C=O) groups excluding carboxylic acids is 3. The molecule has 2 aromatic carbocycles. The highest BCUT2D eigenvalue weighted by molar-refractivity contribution is 6.37. The first-order chi connectivity index (χ1) is 12.2.